The van der Waals surface area contributed by atoms with E-state index in [0.29, 0.717) is 5.15 Å². The van der Waals surface area contributed by atoms with Crippen molar-refractivity contribution in [3.8, 4) is 0 Å². The van der Waals surface area contributed by atoms with Gasteiger partial charge in [0.05, 0.1) is 6.20 Å². The first-order valence-corrected chi connectivity index (χ1v) is 6.74. The van der Waals surface area contributed by atoms with Crippen molar-refractivity contribution in [1.29, 1.82) is 0 Å². The van der Waals surface area contributed by atoms with E-state index >= 15 is 0 Å². The van der Waals surface area contributed by atoms with Gasteiger partial charge in [-0.15, -0.1) is 0 Å². The Balaban J connectivity index is 1.96. The predicted molar refractivity (Wildman–Crippen MR) is 80.0 cm³/mol. The average Bonchev–Trinajstić information content (AvgIpc) is 2.88. The first-order chi connectivity index (χ1) is 9.83. The Morgan fingerprint density at radius 2 is 2.05 bits per heavy atom. The van der Waals surface area contributed by atoms with Gasteiger partial charge in [-0.05, 0) is 5.56 Å². The molecule has 0 saturated carbocycles. The molecule has 2 aromatic heterocycles. The average molecular weight is 283 g/mol. The van der Waals surface area contributed by atoms with Crippen LogP contribution in [0.3, 0.4) is 0 Å². The van der Waals surface area contributed by atoms with Crippen LogP contribution in [0, 0.1) is 0 Å². The van der Waals surface area contributed by atoms with E-state index in [-0.39, 0.29) is 0 Å². The van der Waals surface area contributed by atoms with Gasteiger partial charge in [0.2, 0.25) is 0 Å². The van der Waals surface area contributed by atoms with Crippen LogP contribution in [0.2, 0.25) is 5.15 Å². The van der Waals surface area contributed by atoms with E-state index in [1.807, 2.05) is 22.6 Å². The minimum atomic E-state index is 0.470. The van der Waals surface area contributed by atoms with E-state index in [1.165, 1.54) is 0 Å². The third-order valence-electron chi connectivity index (χ3n) is 3.39. The maximum atomic E-state index is 5.98. The van der Waals surface area contributed by atoms with Crippen LogP contribution >= 0.6 is 11.6 Å². The molecule has 5 heteroatoms. The third-order valence-corrected chi connectivity index (χ3v) is 3.58. The van der Waals surface area contributed by atoms with Crippen LogP contribution in [0.15, 0.2) is 48.8 Å². The second-order valence-corrected chi connectivity index (χ2v) is 5.00. The topological polar surface area (TPSA) is 42.2 Å². The zero-order valence-corrected chi connectivity index (χ0v) is 11.3. The summed E-state index contributed by atoms with van der Waals surface area (Å²) < 4.78 is 1.95. The van der Waals surface area contributed by atoms with Gasteiger partial charge in [-0.3, -0.25) is 4.40 Å². The number of fused-ring (bicyclic) bond motifs is 3. The van der Waals surface area contributed by atoms with E-state index in [2.05, 4.69) is 33.5 Å². The molecule has 4 nitrogen and oxygen atoms in total. The molecule has 0 amide bonds. The quantitative estimate of drug-likeness (QED) is 0.745. The first-order valence-electron chi connectivity index (χ1n) is 6.36. The molecule has 98 valence electrons. The van der Waals surface area contributed by atoms with E-state index in [9.17, 15) is 0 Å². The smallest absolute Gasteiger partial charge is 0.158 e. The lowest BCUT2D eigenvalue weighted by Gasteiger charge is -2.19. The van der Waals surface area contributed by atoms with Crippen LogP contribution in [0.25, 0.3) is 11.2 Å². The number of rotatable bonds is 1. The minimum Gasteiger partial charge on any atom is -0.366 e. The fourth-order valence-electron chi connectivity index (χ4n) is 2.52. The summed E-state index contributed by atoms with van der Waals surface area (Å²) in [6.07, 6.45) is 5.70. The maximum Gasteiger partial charge on any atom is 0.158 e. The van der Waals surface area contributed by atoms with Gasteiger partial charge < -0.3 is 5.32 Å². The van der Waals surface area contributed by atoms with Gasteiger partial charge in [-0.2, -0.15) is 0 Å². The van der Waals surface area contributed by atoms with Crippen LogP contribution < -0.4 is 5.32 Å². The van der Waals surface area contributed by atoms with E-state index in [0.717, 1.165) is 34.8 Å². The van der Waals surface area contributed by atoms with Crippen molar-refractivity contribution in [3.63, 3.8) is 0 Å². The monoisotopic (exact) mass is 282 g/mol. The maximum absolute atomic E-state index is 5.98. The molecule has 0 spiro atoms. The molecule has 1 aromatic carbocycles. The lowest BCUT2D eigenvalue weighted by atomic mass is 10.00. The van der Waals surface area contributed by atoms with Gasteiger partial charge in [0.25, 0.3) is 0 Å². The summed E-state index contributed by atoms with van der Waals surface area (Å²) in [5.74, 6) is 0.934. The summed E-state index contributed by atoms with van der Waals surface area (Å²) in [5, 5.41) is 3.81. The highest BCUT2D eigenvalue weighted by Crippen LogP contribution is 2.31. The van der Waals surface area contributed by atoms with Crippen LogP contribution in [0.5, 0.6) is 0 Å². The lowest BCUT2D eigenvalue weighted by molar-refractivity contribution is 1.06. The molecule has 0 aliphatic carbocycles. The number of benzene rings is 1. The molecule has 1 N–H and O–H groups in total. The highest BCUT2D eigenvalue weighted by atomic mass is 35.5. The summed E-state index contributed by atoms with van der Waals surface area (Å²) >= 11 is 5.98. The number of hydrogen-bond acceptors (Lipinski definition) is 3. The number of halogens is 1. The van der Waals surface area contributed by atoms with Crippen LogP contribution in [0.4, 0.5) is 5.82 Å². The highest BCUT2D eigenvalue weighted by molar-refractivity contribution is 6.29. The number of imidazole rings is 1. The Hall–Kier alpha value is -2.33. The fourth-order valence-corrected chi connectivity index (χ4v) is 2.70. The van der Waals surface area contributed by atoms with E-state index in [4.69, 9.17) is 11.6 Å². The Morgan fingerprint density at radius 1 is 1.20 bits per heavy atom. The molecule has 20 heavy (non-hydrogen) atoms. The number of nitrogens with one attached hydrogen (secondary N) is 1. The van der Waals surface area contributed by atoms with Gasteiger partial charge in [0.15, 0.2) is 5.65 Å². The van der Waals surface area contributed by atoms with Crippen molar-refractivity contribution < 1.29 is 0 Å². The van der Waals surface area contributed by atoms with Crippen molar-refractivity contribution in [2.45, 2.75) is 0 Å². The van der Waals surface area contributed by atoms with E-state index in [1.54, 1.807) is 12.4 Å². The summed E-state index contributed by atoms with van der Waals surface area (Å²) in [5.41, 5.74) is 3.96. The van der Waals surface area contributed by atoms with Gasteiger partial charge in [-0.1, -0.05) is 48.0 Å². The second-order valence-electron chi connectivity index (χ2n) is 4.61. The normalized spacial score (nSPS) is 13.8. The number of nitrogens with zero attached hydrogens (tertiary/aromatic N) is 3. The molecule has 1 aliphatic rings. The minimum absolute atomic E-state index is 0.470. The molecule has 4 rings (SSSR count). The van der Waals surface area contributed by atoms with Gasteiger partial charge in [0, 0.05) is 18.3 Å². The highest BCUT2D eigenvalue weighted by Gasteiger charge is 2.18. The van der Waals surface area contributed by atoms with Crippen molar-refractivity contribution in [2.75, 3.05) is 11.9 Å². The molecule has 0 fully saturated rings. The van der Waals surface area contributed by atoms with E-state index < -0.39 is 0 Å². The Bertz CT molecular complexity index is 821. The number of anilines is 1. The molecule has 0 bridgehead atoms. The summed E-state index contributed by atoms with van der Waals surface area (Å²) in [6.45, 7) is 0.758. The Kier molecular flexibility index (Phi) is 2.50. The molecule has 0 radical (unpaired) electrons. The van der Waals surface area contributed by atoms with Crippen LogP contribution in [-0.2, 0) is 0 Å². The molecule has 0 saturated heterocycles. The van der Waals surface area contributed by atoms with Crippen molar-refractivity contribution in [2.24, 2.45) is 0 Å². The van der Waals surface area contributed by atoms with Crippen molar-refractivity contribution in [3.05, 3.63) is 65.2 Å². The van der Waals surface area contributed by atoms with Crippen LogP contribution in [0.1, 0.15) is 11.3 Å². The van der Waals surface area contributed by atoms with Gasteiger partial charge >= 0.3 is 0 Å². The molecular weight excluding hydrogens is 272 g/mol. The van der Waals surface area contributed by atoms with Crippen molar-refractivity contribution >= 4 is 28.6 Å². The lowest BCUT2D eigenvalue weighted by Crippen LogP contribution is -2.14. The zero-order chi connectivity index (χ0) is 13.5. The number of aromatic nitrogens is 3. The molecule has 3 aromatic rings. The molecule has 1 aliphatic heterocycles. The van der Waals surface area contributed by atoms with Crippen molar-refractivity contribution in [1.82, 2.24) is 14.4 Å². The fraction of sp³-hybridized carbons (Fsp3) is 0.0667. The first kappa shape index (κ1) is 11.5. The molecule has 0 unspecified atom stereocenters. The molecular formula is C15H11ClN4. The standard InChI is InChI=1S/C15H11ClN4/c16-12-9-20-13(19-12)8-18-14-11(6-7-17-15(14)20)10-4-2-1-3-5-10/h1-6,8-9,17H,7H2. The van der Waals surface area contributed by atoms with Gasteiger partial charge in [-0.25, -0.2) is 9.97 Å². The number of hydrogen-bond donors (Lipinski definition) is 1. The zero-order valence-electron chi connectivity index (χ0n) is 10.5. The Labute approximate surface area is 120 Å². The molecule has 0 atom stereocenters. The van der Waals surface area contributed by atoms with Gasteiger partial charge in [0.1, 0.15) is 16.7 Å². The summed E-state index contributed by atoms with van der Waals surface area (Å²) in [7, 11) is 0. The summed E-state index contributed by atoms with van der Waals surface area (Å²) in [4.78, 5) is 8.77. The van der Waals surface area contributed by atoms with Crippen LogP contribution in [-0.4, -0.2) is 20.9 Å². The largest absolute Gasteiger partial charge is 0.366 e. The SMILES string of the molecule is Clc1cn2c3c(ncc2n1)C(c1ccccc1)=CCN3. The third kappa shape index (κ3) is 1.69. The molecule has 3 heterocycles. The second kappa shape index (κ2) is 4.35. The summed E-state index contributed by atoms with van der Waals surface area (Å²) in [6, 6.07) is 10.3. The predicted octanol–water partition coefficient (Wildman–Crippen LogP) is 3.24. The Morgan fingerprint density at radius 3 is 2.90 bits per heavy atom.